The zero-order valence-electron chi connectivity index (χ0n) is 9.94. The molecule has 0 bridgehead atoms. The summed E-state index contributed by atoms with van der Waals surface area (Å²) in [7, 11) is 0. The number of halogens is 1. The largest absolute Gasteiger partial charge is 0.339 e. The van der Waals surface area contributed by atoms with Gasteiger partial charge in [0.1, 0.15) is 5.54 Å². The van der Waals surface area contributed by atoms with Crippen molar-refractivity contribution in [2.45, 2.75) is 25.3 Å². The molecular formula is C12H14ClN3O2. The smallest absolute Gasteiger partial charge is 0.322 e. The Labute approximate surface area is 110 Å². The van der Waals surface area contributed by atoms with Crippen LogP contribution in [0.5, 0.6) is 0 Å². The fourth-order valence-electron chi connectivity index (χ4n) is 1.92. The molecule has 96 valence electrons. The second-order valence-corrected chi connectivity index (χ2v) is 5.00. The standard InChI is InChI=1S/C12H14ClN3O2/c1-12(10(17)16(14)11(18)15-12)7-6-8-2-4-9(13)5-3-8/h2-5H,6-7,14H2,1H3,(H,15,18). The first-order valence-corrected chi connectivity index (χ1v) is 5.96. The molecule has 0 aromatic heterocycles. The van der Waals surface area contributed by atoms with Crippen molar-refractivity contribution in [1.82, 2.24) is 10.3 Å². The quantitative estimate of drug-likeness (QED) is 0.495. The third kappa shape index (κ3) is 2.32. The highest BCUT2D eigenvalue weighted by Crippen LogP contribution is 2.21. The van der Waals surface area contributed by atoms with Crippen molar-refractivity contribution in [3.63, 3.8) is 0 Å². The molecule has 0 radical (unpaired) electrons. The number of urea groups is 1. The molecule has 0 saturated carbocycles. The fourth-order valence-corrected chi connectivity index (χ4v) is 2.05. The van der Waals surface area contributed by atoms with Crippen LogP contribution in [0.2, 0.25) is 5.02 Å². The first kappa shape index (κ1) is 12.9. The van der Waals surface area contributed by atoms with E-state index in [-0.39, 0.29) is 0 Å². The summed E-state index contributed by atoms with van der Waals surface area (Å²) >= 11 is 5.79. The number of aryl methyl sites for hydroxylation is 1. The molecule has 0 spiro atoms. The predicted molar refractivity (Wildman–Crippen MR) is 67.7 cm³/mol. The molecule has 18 heavy (non-hydrogen) atoms. The number of imide groups is 1. The van der Waals surface area contributed by atoms with Gasteiger partial charge in [-0.25, -0.2) is 10.6 Å². The van der Waals surface area contributed by atoms with Gasteiger partial charge < -0.3 is 5.32 Å². The van der Waals surface area contributed by atoms with E-state index in [1.165, 1.54) is 0 Å². The van der Waals surface area contributed by atoms with Crippen LogP contribution in [0.4, 0.5) is 4.79 Å². The van der Waals surface area contributed by atoms with Crippen molar-refractivity contribution in [3.05, 3.63) is 34.9 Å². The second-order valence-electron chi connectivity index (χ2n) is 4.56. The molecular weight excluding hydrogens is 254 g/mol. The normalized spacial score (nSPS) is 23.4. The van der Waals surface area contributed by atoms with Crippen LogP contribution in [0.25, 0.3) is 0 Å². The molecule has 1 unspecified atom stereocenters. The number of nitrogens with two attached hydrogens (primary N) is 1. The molecule has 2 rings (SSSR count). The van der Waals surface area contributed by atoms with Gasteiger partial charge in [0.15, 0.2) is 0 Å². The van der Waals surface area contributed by atoms with E-state index in [0.29, 0.717) is 22.9 Å². The lowest BCUT2D eigenvalue weighted by Gasteiger charge is -2.20. The van der Waals surface area contributed by atoms with Gasteiger partial charge in [0.05, 0.1) is 0 Å². The van der Waals surface area contributed by atoms with Gasteiger partial charge in [0.2, 0.25) is 0 Å². The van der Waals surface area contributed by atoms with Crippen molar-refractivity contribution in [3.8, 4) is 0 Å². The molecule has 1 aromatic carbocycles. The number of hydrogen-bond donors (Lipinski definition) is 2. The number of nitrogens with zero attached hydrogens (tertiary/aromatic N) is 1. The molecule has 5 nitrogen and oxygen atoms in total. The molecule has 3 amide bonds. The van der Waals surface area contributed by atoms with Crippen molar-refractivity contribution in [2.24, 2.45) is 5.84 Å². The van der Waals surface area contributed by atoms with E-state index < -0.39 is 17.5 Å². The lowest BCUT2D eigenvalue weighted by Crippen LogP contribution is -2.45. The van der Waals surface area contributed by atoms with E-state index in [1.807, 2.05) is 12.1 Å². The lowest BCUT2D eigenvalue weighted by molar-refractivity contribution is -0.131. The zero-order chi connectivity index (χ0) is 13.3. The van der Waals surface area contributed by atoms with E-state index in [4.69, 9.17) is 17.4 Å². The Morgan fingerprint density at radius 3 is 2.44 bits per heavy atom. The summed E-state index contributed by atoms with van der Waals surface area (Å²) in [5.41, 5.74) is 0.129. The number of hydrogen-bond acceptors (Lipinski definition) is 3. The topological polar surface area (TPSA) is 75.4 Å². The summed E-state index contributed by atoms with van der Waals surface area (Å²) in [4.78, 5) is 23.1. The maximum absolute atomic E-state index is 11.8. The highest BCUT2D eigenvalue weighted by atomic mass is 35.5. The Balaban J connectivity index is 2.04. The van der Waals surface area contributed by atoms with Crippen LogP contribution in [-0.2, 0) is 11.2 Å². The Morgan fingerprint density at radius 1 is 1.33 bits per heavy atom. The van der Waals surface area contributed by atoms with Crippen LogP contribution in [-0.4, -0.2) is 22.5 Å². The van der Waals surface area contributed by atoms with Crippen LogP contribution in [0.3, 0.4) is 0 Å². The first-order valence-electron chi connectivity index (χ1n) is 5.58. The third-order valence-corrected chi connectivity index (χ3v) is 3.37. The summed E-state index contributed by atoms with van der Waals surface area (Å²) in [5, 5.41) is 3.89. The van der Waals surface area contributed by atoms with Crippen LogP contribution >= 0.6 is 11.6 Å². The molecule has 1 saturated heterocycles. The molecule has 1 atom stereocenters. The van der Waals surface area contributed by atoms with Crippen LogP contribution in [0, 0.1) is 0 Å². The van der Waals surface area contributed by atoms with Gasteiger partial charge in [-0.2, -0.15) is 5.01 Å². The molecule has 0 aliphatic carbocycles. The van der Waals surface area contributed by atoms with Crippen LogP contribution in [0.15, 0.2) is 24.3 Å². The SMILES string of the molecule is CC1(CCc2ccc(Cl)cc2)NC(=O)N(N)C1=O. The minimum Gasteiger partial charge on any atom is -0.322 e. The highest BCUT2D eigenvalue weighted by Gasteiger charge is 2.46. The van der Waals surface area contributed by atoms with E-state index in [0.717, 1.165) is 5.56 Å². The lowest BCUT2D eigenvalue weighted by atomic mass is 9.93. The summed E-state index contributed by atoms with van der Waals surface area (Å²) in [5.74, 6) is 4.94. The van der Waals surface area contributed by atoms with Gasteiger partial charge in [0.25, 0.3) is 5.91 Å². The zero-order valence-corrected chi connectivity index (χ0v) is 10.7. The molecule has 3 N–H and O–H groups in total. The summed E-state index contributed by atoms with van der Waals surface area (Å²) in [6.07, 6.45) is 1.15. The Bertz CT molecular complexity index is 489. The number of benzene rings is 1. The van der Waals surface area contributed by atoms with E-state index in [2.05, 4.69) is 5.32 Å². The monoisotopic (exact) mass is 267 g/mol. The van der Waals surface area contributed by atoms with Crippen molar-refractivity contribution in [2.75, 3.05) is 0 Å². The second kappa shape index (κ2) is 4.59. The maximum Gasteiger partial charge on any atom is 0.339 e. The molecule has 1 fully saturated rings. The number of carbonyl (C=O) groups is 2. The number of rotatable bonds is 3. The fraction of sp³-hybridized carbons (Fsp3) is 0.333. The molecule has 1 heterocycles. The van der Waals surface area contributed by atoms with Crippen LogP contribution < -0.4 is 11.2 Å². The number of amides is 3. The van der Waals surface area contributed by atoms with Crippen LogP contribution in [0.1, 0.15) is 18.9 Å². The molecule has 1 aromatic rings. The van der Waals surface area contributed by atoms with Gasteiger partial charge in [0, 0.05) is 5.02 Å². The van der Waals surface area contributed by atoms with Gasteiger partial charge in [-0.05, 0) is 37.5 Å². The minimum atomic E-state index is -0.925. The minimum absolute atomic E-state index is 0.401. The summed E-state index contributed by atoms with van der Waals surface area (Å²) in [6, 6.07) is 6.83. The molecule has 1 aliphatic heterocycles. The van der Waals surface area contributed by atoms with Crippen molar-refractivity contribution >= 4 is 23.5 Å². The van der Waals surface area contributed by atoms with Gasteiger partial charge in [-0.1, -0.05) is 23.7 Å². The maximum atomic E-state index is 11.8. The van der Waals surface area contributed by atoms with E-state index in [1.54, 1.807) is 19.1 Å². The number of hydrazine groups is 1. The predicted octanol–water partition coefficient (Wildman–Crippen LogP) is 1.46. The van der Waals surface area contributed by atoms with Gasteiger partial charge in [-0.15, -0.1) is 0 Å². The Kier molecular flexibility index (Phi) is 3.28. The molecule has 1 aliphatic rings. The average molecular weight is 268 g/mol. The summed E-state index contributed by atoms with van der Waals surface area (Å²) < 4.78 is 0. The number of carbonyl (C=O) groups excluding carboxylic acids is 2. The first-order chi connectivity index (χ1) is 8.42. The number of nitrogens with one attached hydrogen (secondary N) is 1. The summed E-state index contributed by atoms with van der Waals surface area (Å²) in [6.45, 7) is 1.68. The van der Waals surface area contributed by atoms with Gasteiger partial charge in [-0.3, -0.25) is 4.79 Å². The van der Waals surface area contributed by atoms with Crippen molar-refractivity contribution in [1.29, 1.82) is 0 Å². The van der Waals surface area contributed by atoms with E-state index >= 15 is 0 Å². The van der Waals surface area contributed by atoms with Gasteiger partial charge >= 0.3 is 6.03 Å². The molecule has 6 heteroatoms. The third-order valence-electron chi connectivity index (χ3n) is 3.12. The highest BCUT2D eigenvalue weighted by molar-refractivity contribution is 6.30. The Morgan fingerprint density at radius 2 is 1.94 bits per heavy atom. The van der Waals surface area contributed by atoms with E-state index in [9.17, 15) is 9.59 Å². The van der Waals surface area contributed by atoms with Crippen molar-refractivity contribution < 1.29 is 9.59 Å². The Hall–Kier alpha value is -1.59. The average Bonchev–Trinajstić information content (AvgIpc) is 2.53.